The Bertz CT molecular complexity index is 1640. The molecule has 2 amide bonds. The molecule has 0 saturated heterocycles. The molecule has 0 atom stereocenters. The van der Waals surface area contributed by atoms with Crippen LogP contribution in [0, 0.1) is 0 Å². The maximum absolute atomic E-state index is 13.2. The lowest BCUT2D eigenvalue weighted by Crippen LogP contribution is -2.22. The third kappa shape index (κ3) is 5.63. The monoisotopic (exact) mass is 545 g/mol. The largest absolute Gasteiger partial charge is 0.419 e. The number of anilines is 2. The summed E-state index contributed by atoms with van der Waals surface area (Å²) >= 11 is 0. The highest BCUT2D eigenvalue weighted by Gasteiger charge is 2.30. The van der Waals surface area contributed by atoms with Gasteiger partial charge in [0.25, 0.3) is 5.91 Å². The Balaban J connectivity index is 1.33. The summed E-state index contributed by atoms with van der Waals surface area (Å²) in [6.45, 7) is 0.00529. The van der Waals surface area contributed by atoms with Gasteiger partial charge in [-0.1, -0.05) is 48.5 Å². The summed E-state index contributed by atoms with van der Waals surface area (Å²) in [5.74, 6) is 0.548. The third-order valence-corrected chi connectivity index (χ3v) is 6.15. The normalized spacial score (nSPS) is 11.3. The molecule has 3 aromatic carbocycles. The second kappa shape index (κ2) is 10.9. The van der Waals surface area contributed by atoms with Crippen molar-refractivity contribution in [2.75, 3.05) is 10.2 Å². The Morgan fingerprint density at radius 3 is 2.38 bits per heavy atom. The zero-order valence-electron chi connectivity index (χ0n) is 21.1. The molecular formula is C29H22F3N5O3. The van der Waals surface area contributed by atoms with Crippen molar-refractivity contribution in [2.45, 2.75) is 12.7 Å². The SMILES string of the molecule is Cn1cc(NC(=O)c2ccccc2-c2ccc(C(F)(F)F)cc2)cc1N(C=O)Cc1nnc(-c2ccccc2)o1. The van der Waals surface area contributed by atoms with Crippen molar-refractivity contribution in [3.8, 4) is 22.6 Å². The van der Waals surface area contributed by atoms with Gasteiger partial charge in [0.15, 0.2) is 0 Å². The second-order valence-corrected chi connectivity index (χ2v) is 8.87. The van der Waals surface area contributed by atoms with E-state index in [1.165, 1.54) is 17.0 Å². The van der Waals surface area contributed by atoms with E-state index >= 15 is 0 Å². The minimum absolute atomic E-state index is 0.00529. The van der Waals surface area contributed by atoms with Gasteiger partial charge in [0.05, 0.1) is 11.3 Å². The van der Waals surface area contributed by atoms with Crippen LogP contribution in [0.1, 0.15) is 21.8 Å². The summed E-state index contributed by atoms with van der Waals surface area (Å²) in [6.07, 6.45) is -2.20. The molecule has 0 radical (unpaired) electrons. The van der Waals surface area contributed by atoms with Crippen LogP contribution in [-0.4, -0.2) is 27.1 Å². The number of hydrogen-bond donors (Lipinski definition) is 1. The van der Waals surface area contributed by atoms with Crippen LogP contribution in [0.15, 0.2) is 95.5 Å². The number of benzene rings is 3. The third-order valence-electron chi connectivity index (χ3n) is 6.15. The van der Waals surface area contributed by atoms with Crippen molar-refractivity contribution < 1.29 is 27.2 Å². The molecule has 0 aliphatic rings. The zero-order chi connectivity index (χ0) is 28.3. The highest BCUT2D eigenvalue weighted by molar-refractivity contribution is 6.09. The predicted octanol–water partition coefficient (Wildman–Crippen LogP) is 6.18. The maximum atomic E-state index is 13.2. The fraction of sp³-hybridized carbons (Fsp3) is 0.103. The molecule has 2 aromatic heterocycles. The number of rotatable bonds is 8. The average molecular weight is 546 g/mol. The number of aryl methyl sites for hydroxylation is 1. The summed E-state index contributed by atoms with van der Waals surface area (Å²) in [6, 6.07) is 22.1. The van der Waals surface area contributed by atoms with Gasteiger partial charge in [-0.05, 0) is 41.5 Å². The molecule has 40 heavy (non-hydrogen) atoms. The van der Waals surface area contributed by atoms with Crippen LogP contribution in [0.5, 0.6) is 0 Å². The van der Waals surface area contributed by atoms with Crippen molar-refractivity contribution in [3.63, 3.8) is 0 Å². The van der Waals surface area contributed by atoms with E-state index in [9.17, 15) is 22.8 Å². The van der Waals surface area contributed by atoms with E-state index in [-0.39, 0.29) is 18.0 Å². The molecule has 0 fully saturated rings. The number of hydrogen-bond acceptors (Lipinski definition) is 5. The molecule has 0 aliphatic heterocycles. The van der Waals surface area contributed by atoms with Crippen LogP contribution in [0.25, 0.3) is 22.6 Å². The summed E-state index contributed by atoms with van der Waals surface area (Å²) in [5.41, 5.74) is 1.61. The lowest BCUT2D eigenvalue weighted by Gasteiger charge is -2.15. The van der Waals surface area contributed by atoms with Gasteiger partial charge >= 0.3 is 6.18 Å². The number of alkyl halides is 3. The van der Waals surface area contributed by atoms with E-state index in [4.69, 9.17) is 4.42 Å². The molecule has 1 N–H and O–H groups in total. The molecule has 5 aromatic rings. The zero-order valence-corrected chi connectivity index (χ0v) is 21.1. The lowest BCUT2D eigenvalue weighted by molar-refractivity contribution is -0.137. The van der Waals surface area contributed by atoms with Gasteiger partial charge in [0, 0.05) is 30.4 Å². The van der Waals surface area contributed by atoms with Crippen LogP contribution in [0.3, 0.4) is 0 Å². The first-order chi connectivity index (χ1) is 19.2. The molecule has 0 aliphatic carbocycles. The van der Waals surface area contributed by atoms with Gasteiger partial charge in [-0.15, -0.1) is 10.2 Å². The minimum Gasteiger partial charge on any atom is -0.419 e. The van der Waals surface area contributed by atoms with Gasteiger partial charge in [0.1, 0.15) is 12.4 Å². The van der Waals surface area contributed by atoms with E-state index in [0.29, 0.717) is 34.9 Å². The van der Waals surface area contributed by atoms with Crippen molar-refractivity contribution in [2.24, 2.45) is 7.05 Å². The highest BCUT2D eigenvalue weighted by atomic mass is 19.4. The number of halogens is 3. The molecule has 5 rings (SSSR count). The first-order valence-corrected chi connectivity index (χ1v) is 12.1. The lowest BCUT2D eigenvalue weighted by atomic mass is 9.98. The number of aromatic nitrogens is 3. The van der Waals surface area contributed by atoms with E-state index < -0.39 is 17.6 Å². The summed E-state index contributed by atoms with van der Waals surface area (Å²) in [5, 5.41) is 10.9. The van der Waals surface area contributed by atoms with Crippen molar-refractivity contribution in [1.29, 1.82) is 0 Å². The molecule has 0 bridgehead atoms. The number of carbonyl (C=O) groups is 2. The number of nitrogens with zero attached hydrogens (tertiary/aromatic N) is 4. The molecule has 8 nitrogen and oxygen atoms in total. The molecule has 11 heteroatoms. The summed E-state index contributed by atoms with van der Waals surface area (Å²) in [4.78, 5) is 26.5. The molecule has 0 unspecified atom stereocenters. The predicted molar refractivity (Wildman–Crippen MR) is 142 cm³/mol. The molecular weight excluding hydrogens is 523 g/mol. The van der Waals surface area contributed by atoms with Crippen molar-refractivity contribution in [1.82, 2.24) is 14.8 Å². The summed E-state index contributed by atoms with van der Waals surface area (Å²) in [7, 11) is 1.71. The van der Waals surface area contributed by atoms with Crippen LogP contribution < -0.4 is 10.2 Å². The van der Waals surface area contributed by atoms with Crippen molar-refractivity contribution in [3.05, 3.63) is 108 Å². The first-order valence-electron chi connectivity index (χ1n) is 12.1. The quantitative estimate of drug-likeness (QED) is 0.235. The standard InChI is InChI=1S/C29H22F3N5O3/c1-36-16-22(15-26(36)37(18-38)17-25-34-35-28(40-25)20-7-3-2-4-8-20)33-27(39)24-10-6-5-9-23(24)19-11-13-21(14-12-19)29(30,31)32/h2-16,18H,17H2,1H3,(H,33,39). The Morgan fingerprint density at radius 1 is 0.975 bits per heavy atom. The van der Waals surface area contributed by atoms with Gasteiger partial charge in [-0.25, -0.2) is 0 Å². The Labute approximate surface area is 226 Å². The Hall–Kier alpha value is -5.19. The topological polar surface area (TPSA) is 93.3 Å². The molecule has 0 saturated carbocycles. The van der Waals surface area contributed by atoms with Crippen LogP contribution in [0.4, 0.5) is 24.7 Å². The van der Waals surface area contributed by atoms with Gasteiger partial charge < -0.3 is 14.3 Å². The van der Waals surface area contributed by atoms with E-state index in [0.717, 1.165) is 17.7 Å². The van der Waals surface area contributed by atoms with E-state index in [1.807, 2.05) is 30.3 Å². The fourth-order valence-corrected chi connectivity index (χ4v) is 4.21. The Kier molecular flexibility index (Phi) is 7.19. The first kappa shape index (κ1) is 26.4. The van der Waals surface area contributed by atoms with E-state index in [1.54, 1.807) is 48.1 Å². The van der Waals surface area contributed by atoms with Gasteiger partial charge in [-0.2, -0.15) is 13.2 Å². The number of nitrogens with one attached hydrogen (secondary N) is 1. The maximum Gasteiger partial charge on any atom is 0.416 e. The van der Waals surface area contributed by atoms with E-state index in [2.05, 4.69) is 15.5 Å². The minimum atomic E-state index is -4.45. The average Bonchev–Trinajstić information content (AvgIpc) is 3.58. The van der Waals surface area contributed by atoms with Crippen LogP contribution in [0.2, 0.25) is 0 Å². The fourth-order valence-electron chi connectivity index (χ4n) is 4.21. The van der Waals surface area contributed by atoms with Gasteiger partial charge in [-0.3, -0.25) is 14.5 Å². The smallest absolute Gasteiger partial charge is 0.416 e. The second-order valence-electron chi connectivity index (χ2n) is 8.87. The molecule has 2 heterocycles. The Morgan fingerprint density at radius 2 is 1.68 bits per heavy atom. The number of carbonyl (C=O) groups excluding carboxylic acids is 2. The van der Waals surface area contributed by atoms with Crippen molar-refractivity contribution >= 4 is 23.8 Å². The van der Waals surface area contributed by atoms with Crippen LogP contribution in [-0.2, 0) is 24.6 Å². The number of amides is 2. The van der Waals surface area contributed by atoms with Crippen LogP contribution >= 0.6 is 0 Å². The highest BCUT2D eigenvalue weighted by Crippen LogP contribution is 2.32. The molecule has 202 valence electrons. The van der Waals surface area contributed by atoms with Gasteiger partial charge in [0.2, 0.25) is 18.2 Å². The summed E-state index contributed by atoms with van der Waals surface area (Å²) < 4.78 is 46.3. The molecule has 0 spiro atoms.